The minimum atomic E-state index is -0.0503. The second kappa shape index (κ2) is 5.13. The molecule has 8 nitrogen and oxygen atoms in total. The van der Waals surface area contributed by atoms with Crippen molar-refractivity contribution in [3.05, 3.63) is 35.7 Å². The molecule has 2 aromatic heterocycles. The van der Waals surface area contributed by atoms with Gasteiger partial charge in [-0.1, -0.05) is 5.21 Å². The van der Waals surface area contributed by atoms with E-state index in [1.807, 2.05) is 9.58 Å². The number of hydrogen-bond donors (Lipinski definition) is 0. The Morgan fingerprint density at radius 3 is 2.95 bits per heavy atom. The number of carbonyl (C=O) groups excluding carboxylic acids is 1. The van der Waals surface area contributed by atoms with Crippen molar-refractivity contribution in [1.29, 1.82) is 0 Å². The summed E-state index contributed by atoms with van der Waals surface area (Å²) in [5, 5.41) is 8.09. The fraction of sp³-hybridized carbons (Fsp3) is 0.500. The van der Waals surface area contributed by atoms with Gasteiger partial charge in [0, 0.05) is 25.5 Å². The lowest BCUT2D eigenvalue weighted by atomic mass is 10.00. The average molecular weight is 300 g/mol. The predicted molar refractivity (Wildman–Crippen MR) is 74.9 cm³/mol. The highest BCUT2D eigenvalue weighted by atomic mass is 16.5. The number of piperidine rings is 1. The van der Waals surface area contributed by atoms with E-state index in [9.17, 15) is 4.79 Å². The maximum Gasteiger partial charge on any atom is 0.257 e. The number of amides is 1. The number of aryl methyl sites for hydroxylation is 1. The van der Waals surface area contributed by atoms with E-state index in [0.717, 1.165) is 12.1 Å². The van der Waals surface area contributed by atoms with Crippen molar-refractivity contribution in [3.63, 3.8) is 0 Å². The molecule has 2 aliphatic heterocycles. The number of fused-ring (bicyclic) bond motifs is 3. The van der Waals surface area contributed by atoms with Crippen LogP contribution in [0.25, 0.3) is 0 Å². The van der Waals surface area contributed by atoms with Crippen molar-refractivity contribution >= 4 is 5.91 Å². The van der Waals surface area contributed by atoms with E-state index in [4.69, 9.17) is 4.74 Å². The third-order valence-electron chi connectivity index (χ3n) is 4.24. The van der Waals surface area contributed by atoms with E-state index < -0.39 is 0 Å². The Hall–Kier alpha value is -2.35. The van der Waals surface area contributed by atoms with Crippen molar-refractivity contribution in [1.82, 2.24) is 29.9 Å². The summed E-state index contributed by atoms with van der Waals surface area (Å²) >= 11 is 0. The maximum absolute atomic E-state index is 12.6. The van der Waals surface area contributed by atoms with Crippen molar-refractivity contribution < 1.29 is 9.53 Å². The summed E-state index contributed by atoms with van der Waals surface area (Å²) in [5.41, 5.74) is 1.47. The number of carbonyl (C=O) groups is 1. The molecule has 0 bridgehead atoms. The van der Waals surface area contributed by atoms with Crippen LogP contribution in [0.1, 0.15) is 34.3 Å². The summed E-state index contributed by atoms with van der Waals surface area (Å²) in [5.74, 6) is 0.605. The van der Waals surface area contributed by atoms with E-state index in [1.165, 1.54) is 0 Å². The summed E-state index contributed by atoms with van der Waals surface area (Å²) in [6.07, 6.45) is 5.75. The Kier molecular flexibility index (Phi) is 3.11. The van der Waals surface area contributed by atoms with Gasteiger partial charge in [0.15, 0.2) is 0 Å². The normalized spacial score (nSPS) is 23.8. The Morgan fingerprint density at radius 1 is 1.32 bits per heavy atom. The molecule has 22 heavy (non-hydrogen) atoms. The van der Waals surface area contributed by atoms with Crippen LogP contribution in [0.3, 0.4) is 0 Å². The zero-order valence-corrected chi connectivity index (χ0v) is 12.2. The smallest absolute Gasteiger partial charge is 0.257 e. The van der Waals surface area contributed by atoms with Crippen molar-refractivity contribution in [3.8, 4) is 0 Å². The topological polar surface area (TPSA) is 86.0 Å². The molecule has 2 aromatic rings. The molecule has 0 radical (unpaired) electrons. The number of hydrogen-bond acceptors (Lipinski definition) is 6. The molecule has 0 N–H and O–H groups in total. The molecule has 0 aliphatic carbocycles. The van der Waals surface area contributed by atoms with E-state index in [2.05, 4.69) is 20.3 Å². The number of nitrogens with zero attached hydrogens (tertiary/aromatic N) is 6. The Bertz CT molecular complexity index is 698. The first-order chi connectivity index (χ1) is 10.7. The van der Waals surface area contributed by atoms with Gasteiger partial charge in [-0.15, -0.1) is 5.10 Å². The first kappa shape index (κ1) is 13.3. The lowest BCUT2D eigenvalue weighted by molar-refractivity contribution is -0.0605. The van der Waals surface area contributed by atoms with Gasteiger partial charge in [-0.3, -0.25) is 4.79 Å². The van der Waals surface area contributed by atoms with Gasteiger partial charge in [-0.25, -0.2) is 14.6 Å². The van der Waals surface area contributed by atoms with E-state index in [1.54, 1.807) is 25.5 Å². The summed E-state index contributed by atoms with van der Waals surface area (Å²) in [4.78, 5) is 22.6. The molecule has 114 valence electrons. The molecule has 0 spiro atoms. The lowest BCUT2D eigenvalue weighted by Gasteiger charge is -2.40. The average Bonchev–Trinajstić information content (AvgIpc) is 3.03. The van der Waals surface area contributed by atoms with Gasteiger partial charge in [0.2, 0.25) is 0 Å². The first-order valence-electron chi connectivity index (χ1n) is 7.31. The number of ether oxygens (including phenoxy) is 1. The van der Waals surface area contributed by atoms with Gasteiger partial charge in [-0.2, -0.15) is 0 Å². The summed E-state index contributed by atoms with van der Waals surface area (Å²) in [6, 6.07) is 0.0234. The van der Waals surface area contributed by atoms with Gasteiger partial charge in [0.1, 0.15) is 5.82 Å². The summed E-state index contributed by atoms with van der Waals surface area (Å²) in [6.45, 7) is 3.56. The zero-order valence-electron chi connectivity index (χ0n) is 12.2. The lowest BCUT2D eigenvalue weighted by Crippen LogP contribution is -2.49. The molecule has 1 saturated heterocycles. The third-order valence-corrected chi connectivity index (χ3v) is 4.24. The van der Waals surface area contributed by atoms with Crippen LogP contribution in [-0.4, -0.2) is 55.0 Å². The largest absolute Gasteiger partial charge is 0.370 e. The highest BCUT2D eigenvalue weighted by Crippen LogP contribution is 2.30. The van der Waals surface area contributed by atoms with Crippen molar-refractivity contribution in [2.24, 2.45) is 0 Å². The number of likely N-dealkylation sites (tertiary alicyclic amines) is 1. The molecular weight excluding hydrogens is 284 g/mol. The molecule has 4 rings (SSSR count). The van der Waals surface area contributed by atoms with Crippen LogP contribution in [-0.2, 0) is 11.3 Å². The maximum atomic E-state index is 12.6. The van der Waals surface area contributed by atoms with E-state index in [-0.39, 0.29) is 18.1 Å². The Labute approximate surface area is 127 Å². The summed E-state index contributed by atoms with van der Waals surface area (Å²) < 4.78 is 7.74. The molecule has 0 saturated carbocycles. The predicted octanol–water partition coefficient (Wildman–Crippen LogP) is 0.363. The monoisotopic (exact) mass is 300 g/mol. The van der Waals surface area contributed by atoms with Crippen molar-refractivity contribution in [2.45, 2.75) is 32.1 Å². The van der Waals surface area contributed by atoms with E-state index >= 15 is 0 Å². The minimum Gasteiger partial charge on any atom is -0.370 e. The van der Waals surface area contributed by atoms with Crippen LogP contribution in [0.5, 0.6) is 0 Å². The highest BCUT2D eigenvalue weighted by Gasteiger charge is 2.38. The molecule has 2 aliphatic rings. The minimum absolute atomic E-state index is 0.0234. The van der Waals surface area contributed by atoms with Crippen LogP contribution in [0.4, 0.5) is 0 Å². The quantitative estimate of drug-likeness (QED) is 0.756. The van der Waals surface area contributed by atoms with Gasteiger partial charge < -0.3 is 9.64 Å². The van der Waals surface area contributed by atoms with Crippen LogP contribution >= 0.6 is 0 Å². The summed E-state index contributed by atoms with van der Waals surface area (Å²) in [7, 11) is 0. The zero-order chi connectivity index (χ0) is 15.1. The van der Waals surface area contributed by atoms with E-state index in [0.29, 0.717) is 31.1 Å². The molecule has 1 amide bonds. The molecule has 4 heterocycles. The second-order valence-electron chi connectivity index (χ2n) is 5.65. The van der Waals surface area contributed by atoms with Gasteiger partial charge >= 0.3 is 0 Å². The highest BCUT2D eigenvalue weighted by molar-refractivity contribution is 5.93. The molecular formula is C14H16N6O2. The van der Waals surface area contributed by atoms with Crippen molar-refractivity contribution in [2.75, 3.05) is 13.1 Å². The standard InChI is InChI=1S/C14H16N6O2/c1-9-15-4-10(5-16-9)14(21)19-3-2-13-12(7-19)20-11(8-22-13)6-17-18-20/h4-6,12-13H,2-3,7-8H2,1H3/t12-,13+/m0/s1. The van der Waals surface area contributed by atoms with Crippen LogP contribution in [0.15, 0.2) is 18.6 Å². The van der Waals surface area contributed by atoms with Crippen LogP contribution in [0, 0.1) is 6.92 Å². The first-order valence-corrected chi connectivity index (χ1v) is 7.31. The molecule has 8 heteroatoms. The van der Waals surface area contributed by atoms with Gasteiger partial charge in [-0.05, 0) is 13.3 Å². The fourth-order valence-corrected chi connectivity index (χ4v) is 3.05. The van der Waals surface area contributed by atoms with Crippen LogP contribution < -0.4 is 0 Å². The SMILES string of the molecule is Cc1ncc(C(=O)N2CC[C@H]3OCc4cnnn4[C@H]3C2)cn1. The second-order valence-corrected chi connectivity index (χ2v) is 5.65. The number of aromatic nitrogens is 5. The third kappa shape index (κ3) is 2.16. The molecule has 1 fully saturated rings. The molecule has 2 atom stereocenters. The Morgan fingerprint density at radius 2 is 2.14 bits per heavy atom. The fourth-order valence-electron chi connectivity index (χ4n) is 3.05. The Balaban J connectivity index is 1.56. The number of rotatable bonds is 1. The molecule has 0 unspecified atom stereocenters. The van der Waals surface area contributed by atoms with Gasteiger partial charge in [0.25, 0.3) is 5.91 Å². The molecule has 0 aromatic carbocycles. The van der Waals surface area contributed by atoms with Gasteiger partial charge in [0.05, 0.1) is 36.2 Å². The van der Waals surface area contributed by atoms with Crippen LogP contribution in [0.2, 0.25) is 0 Å².